The maximum atomic E-state index is 13.8. The molecule has 1 N–H and O–H groups in total. The first kappa shape index (κ1) is 22.3. The van der Waals surface area contributed by atoms with Crippen LogP contribution in [0.3, 0.4) is 0 Å². The molecule has 0 bridgehead atoms. The fourth-order valence-corrected chi connectivity index (χ4v) is 4.07. The van der Waals surface area contributed by atoms with Crippen LogP contribution in [0.25, 0.3) is 45.1 Å². The number of aromatic amines is 1. The van der Waals surface area contributed by atoms with Crippen LogP contribution in [0.2, 0.25) is 0 Å². The Bertz CT molecular complexity index is 1890. The SMILES string of the molecule is Cn1cc(-c2noc(-c3cc(-c4ccccc4)nc4c3cnn4Cc3cccc(F)c3)n2)c(=O)[nH]c1=O. The van der Waals surface area contributed by atoms with Crippen LogP contribution in [-0.4, -0.2) is 34.5 Å². The molecule has 0 amide bonds. The number of halogens is 1. The van der Waals surface area contributed by atoms with Crippen LogP contribution in [0, 0.1) is 5.82 Å². The second-order valence-corrected chi connectivity index (χ2v) is 8.43. The number of benzene rings is 2. The molecule has 4 heterocycles. The van der Waals surface area contributed by atoms with Gasteiger partial charge in [0.2, 0.25) is 5.82 Å². The van der Waals surface area contributed by atoms with E-state index in [1.54, 1.807) is 16.9 Å². The molecular formula is C26H18FN7O3. The molecule has 0 unspecified atom stereocenters. The van der Waals surface area contributed by atoms with Crippen LogP contribution >= 0.6 is 0 Å². The molecule has 6 rings (SSSR count). The highest BCUT2D eigenvalue weighted by Gasteiger charge is 2.20. The van der Waals surface area contributed by atoms with Crippen molar-refractivity contribution in [3.05, 3.63) is 105 Å². The van der Waals surface area contributed by atoms with Crippen molar-refractivity contribution in [3.63, 3.8) is 0 Å². The zero-order valence-electron chi connectivity index (χ0n) is 19.4. The highest BCUT2D eigenvalue weighted by atomic mass is 19.1. The fraction of sp³-hybridized carbons (Fsp3) is 0.0769. The minimum atomic E-state index is -0.622. The summed E-state index contributed by atoms with van der Waals surface area (Å²) >= 11 is 0. The molecule has 0 atom stereocenters. The molecule has 0 saturated carbocycles. The van der Waals surface area contributed by atoms with E-state index in [2.05, 4.69) is 20.2 Å². The van der Waals surface area contributed by atoms with E-state index < -0.39 is 11.2 Å². The normalized spacial score (nSPS) is 11.3. The summed E-state index contributed by atoms with van der Waals surface area (Å²) in [4.78, 5) is 35.6. The number of H-pyrrole nitrogens is 1. The monoisotopic (exact) mass is 495 g/mol. The van der Waals surface area contributed by atoms with Gasteiger partial charge in [0.05, 0.1) is 29.4 Å². The first-order valence-electron chi connectivity index (χ1n) is 11.3. The van der Waals surface area contributed by atoms with Gasteiger partial charge < -0.3 is 9.09 Å². The van der Waals surface area contributed by atoms with Crippen molar-refractivity contribution in [2.45, 2.75) is 6.54 Å². The lowest BCUT2D eigenvalue weighted by atomic mass is 10.1. The number of rotatable bonds is 5. The summed E-state index contributed by atoms with van der Waals surface area (Å²) in [5.41, 5.74) is 2.26. The quantitative estimate of drug-likeness (QED) is 0.389. The Hall–Kier alpha value is -5.19. The summed E-state index contributed by atoms with van der Waals surface area (Å²) in [7, 11) is 1.51. The first-order valence-corrected chi connectivity index (χ1v) is 11.3. The smallest absolute Gasteiger partial charge is 0.328 e. The molecule has 0 aliphatic rings. The van der Waals surface area contributed by atoms with Crippen LogP contribution in [0.4, 0.5) is 4.39 Å². The number of hydrogen-bond donors (Lipinski definition) is 1. The van der Waals surface area contributed by atoms with Gasteiger partial charge in [-0.1, -0.05) is 47.6 Å². The molecule has 0 spiro atoms. The Balaban J connectivity index is 1.51. The lowest BCUT2D eigenvalue weighted by Gasteiger charge is -2.08. The third-order valence-electron chi connectivity index (χ3n) is 5.91. The Labute approximate surface area is 207 Å². The number of pyridine rings is 1. The molecule has 0 fully saturated rings. The molecule has 182 valence electrons. The van der Waals surface area contributed by atoms with Gasteiger partial charge in [-0.3, -0.25) is 9.78 Å². The predicted molar refractivity (Wildman–Crippen MR) is 133 cm³/mol. The Morgan fingerprint density at radius 2 is 1.84 bits per heavy atom. The van der Waals surface area contributed by atoms with Gasteiger partial charge in [-0.15, -0.1) is 0 Å². The van der Waals surface area contributed by atoms with E-state index in [9.17, 15) is 14.0 Å². The fourth-order valence-electron chi connectivity index (χ4n) is 4.07. The lowest BCUT2D eigenvalue weighted by Crippen LogP contribution is -2.28. The topological polar surface area (TPSA) is 124 Å². The summed E-state index contributed by atoms with van der Waals surface area (Å²) in [5, 5.41) is 9.11. The Kier molecular flexibility index (Phi) is 5.29. The molecule has 11 heteroatoms. The molecule has 37 heavy (non-hydrogen) atoms. The third kappa shape index (κ3) is 4.12. The predicted octanol–water partition coefficient (Wildman–Crippen LogP) is 3.39. The Morgan fingerprint density at radius 3 is 2.65 bits per heavy atom. The highest BCUT2D eigenvalue weighted by molar-refractivity contribution is 5.93. The number of hydrogen-bond acceptors (Lipinski definition) is 7. The molecule has 0 aliphatic heterocycles. The van der Waals surface area contributed by atoms with Gasteiger partial charge in [-0.05, 0) is 23.8 Å². The molecule has 4 aromatic heterocycles. The van der Waals surface area contributed by atoms with Gasteiger partial charge in [-0.2, -0.15) is 10.1 Å². The zero-order chi connectivity index (χ0) is 25.5. The number of nitrogens with zero attached hydrogens (tertiary/aromatic N) is 6. The van der Waals surface area contributed by atoms with E-state index in [1.165, 1.54) is 29.9 Å². The van der Waals surface area contributed by atoms with Crippen LogP contribution in [0.1, 0.15) is 5.56 Å². The van der Waals surface area contributed by atoms with Gasteiger partial charge in [0.1, 0.15) is 11.4 Å². The van der Waals surface area contributed by atoms with Crippen LogP contribution in [0.5, 0.6) is 0 Å². The maximum Gasteiger partial charge on any atom is 0.328 e. The maximum absolute atomic E-state index is 13.8. The summed E-state index contributed by atoms with van der Waals surface area (Å²) in [5.74, 6) is -0.150. The number of aryl methyl sites for hydroxylation is 1. The average molecular weight is 495 g/mol. The summed E-state index contributed by atoms with van der Waals surface area (Å²) in [6, 6.07) is 17.7. The van der Waals surface area contributed by atoms with Crippen molar-refractivity contribution < 1.29 is 8.91 Å². The standard InChI is InChI=1S/C26H18FN7O3/c1-33-14-20(24(35)31-26(33)36)22-30-25(37-32-22)18-11-21(16-7-3-2-4-8-16)29-23-19(18)12-28-34(23)13-15-6-5-9-17(27)10-15/h2-12,14H,13H2,1H3,(H,31,35,36). The van der Waals surface area contributed by atoms with Gasteiger partial charge in [-0.25, -0.2) is 18.9 Å². The number of nitrogens with one attached hydrogen (secondary N) is 1. The van der Waals surface area contributed by atoms with Gasteiger partial charge in [0.15, 0.2) is 5.65 Å². The van der Waals surface area contributed by atoms with Crippen LogP contribution < -0.4 is 11.2 Å². The van der Waals surface area contributed by atoms with Crippen molar-refractivity contribution >= 4 is 11.0 Å². The summed E-state index contributed by atoms with van der Waals surface area (Å²) in [6.07, 6.45) is 2.99. The number of aromatic nitrogens is 7. The van der Waals surface area contributed by atoms with Crippen LogP contribution in [0.15, 0.2) is 87.2 Å². The van der Waals surface area contributed by atoms with E-state index in [4.69, 9.17) is 9.51 Å². The van der Waals surface area contributed by atoms with Gasteiger partial charge in [0.25, 0.3) is 11.4 Å². The molecule has 0 saturated heterocycles. The number of fused-ring (bicyclic) bond motifs is 1. The van der Waals surface area contributed by atoms with Crippen molar-refractivity contribution in [1.82, 2.24) is 34.5 Å². The second-order valence-electron chi connectivity index (χ2n) is 8.43. The molecule has 6 aromatic rings. The minimum Gasteiger partial charge on any atom is -0.334 e. The van der Waals surface area contributed by atoms with E-state index >= 15 is 0 Å². The average Bonchev–Trinajstić information content (AvgIpc) is 3.54. The molecule has 0 radical (unpaired) electrons. The third-order valence-corrected chi connectivity index (χ3v) is 5.91. The molecule has 0 aliphatic carbocycles. The lowest BCUT2D eigenvalue weighted by molar-refractivity contribution is 0.432. The molecule has 10 nitrogen and oxygen atoms in total. The van der Waals surface area contributed by atoms with E-state index in [1.807, 2.05) is 42.5 Å². The minimum absolute atomic E-state index is 0.0326. The highest BCUT2D eigenvalue weighted by Crippen LogP contribution is 2.32. The van der Waals surface area contributed by atoms with E-state index in [-0.39, 0.29) is 23.1 Å². The summed E-state index contributed by atoms with van der Waals surface area (Å²) in [6.45, 7) is 0.300. The molecular weight excluding hydrogens is 477 g/mol. The second kappa shape index (κ2) is 8.79. The Morgan fingerprint density at radius 1 is 1.00 bits per heavy atom. The largest absolute Gasteiger partial charge is 0.334 e. The first-order chi connectivity index (χ1) is 18.0. The van der Waals surface area contributed by atoms with Crippen molar-refractivity contribution in [1.29, 1.82) is 0 Å². The van der Waals surface area contributed by atoms with Gasteiger partial charge in [0, 0.05) is 18.8 Å². The summed E-state index contributed by atoms with van der Waals surface area (Å²) < 4.78 is 22.2. The van der Waals surface area contributed by atoms with Crippen molar-refractivity contribution in [2.75, 3.05) is 0 Å². The van der Waals surface area contributed by atoms with E-state index in [0.717, 1.165) is 11.1 Å². The van der Waals surface area contributed by atoms with Crippen LogP contribution in [-0.2, 0) is 13.6 Å². The van der Waals surface area contributed by atoms with E-state index in [0.29, 0.717) is 28.8 Å². The zero-order valence-corrected chi connectivity index (χ0v) is 19.4. The van der Waals surface area contributed by atoms with Crippen molar-refractivity contribution in [2.24, 2.45) is 7.05 Å². The molecule has 2 aromatic carbocycles. The van der Waals surface area contributed by atoms with Crippen molar-refractivity contribution in [3.8, 4) is 34.1 Å². The van der Waals surface area contributed by atoms with Gasteiger partial charge >= 0.3 is 5.69 Å².